The second kappa shape index (κ2) is 10.6. The molecule has 1 amide bonds. The van der Waals surface area contributed by atoms with Crippen LogP contribution in [-0.4, -0.2) is 13.0 Å². The molecule has 0 saturated carbocycles. The first-order valence-corrected chi connectivity index (χ1v) is 11.3. The molecule has 5 heteroatoms. The van der Waals surface area contributed by atoms with Gasteiger partial charge in [-0.2, -0.15) is 5.26 Å². The van der Waals surface area contributed by atoms with Gasteiger partial charge in [-0.15, -0.1) is 0 Å². The van der Waals surface area contributed by atoms with Gasteiger partial charge < -0.3 is 14.8 Å². The van der Waals surface area contributed by atoms with Crippen LogP contribution < -0.4 is 14.8 Å². The lowest BCUT2D eigenvalue weighted by Gasteiger charge is -2.13. The Bertz CT molecular complexity index is 1460. The zero-order valence-corrected chi connectivity index (χ0v) is 20.0. The van der Waals surface area contributed by atoms with Crippen LogP contribution in [0.1, 0.15) is 22.3 Å². The Hall–Kier alpha value is -4.56. The molecule has 4 aromatic rings. The molecule has 0 unspecified atom stereocenters. The number of hydrogen-bond donors (Lipinski definition) is 1. The maximum absolute atomic E-state index is 12.7. The van der Waals surface area contributed by atoms with Crippen LogP contribution in [0.4, 0.5) is 5.69 Å². The first-order valence-electron chi connectivity index (χ1n) is 11.3. The van der Waals surface area contributed by atoms with Crippen LogP contribution >= 0.6 is 0 Å². The van der Waals surface area contributed by atoms with Crippen molar-refractivity contribution in [1.82, 2.24) is 0 Å². The lowest BCUT2D eigenvalue weighted by atomic mass is 10.1. The van der Waals surface area contributed by atoms with Crippen molar-refractivity contribution in [3.8, 4) is 17.6 Å². The Labute approximate surface area is 205 Å². The summed E-state index contributed by atoms with van der Waals surface area (Å²) < 4.78 is 11.6. The van der Waals surface area contributed by atoms with Gasteiger partial charge in [0.05, 0.1) is 7.11 Å². The summed E-state index contributed by atoms with van der Waals surface area (Å²) in [6.07, 6.45) is 1.54. The Morgan fingerprint density at radius 1 is 0.971 bits per heavy atom. The second-order valence-electron chi connectivity index (χ2n) is 8.28. The second-order valence-corrected chi connectivity index (χ2v) is 8.28. The summed E-state index contributed by atoms with van der Waals surface area (Å²) in [6, 6.07) is 27.4. The van der Waals surface area contributed by atoms with Crippen molar-refractivity contribution in [2.75, 3.05) is 12.4 Å². The number of fused-ring (bicyclic) bond motifs is 1. The number of anilines is 1. The van der Waals surface area contributed by atoms with Gasteiger partial charge in [0.1, 0.15) is 18.2 Å². The third-order valence-electron chi connectivity index (χ3n) is 5.76. The fraction of sp³-hybridized carbons (Fsp3) is 0.133. The van der Waals surface area contributed by atoms with Gasteiger partial charge in [-0.05, 0) is 65.6 Å². The van der Waals surface area contributed by atoms with E-state index in [1.54, 1.807) is 25.3 Å². The van der Waals surface area contributed by atoms with Gasteiger partial charge >= 0.3 is 0 Å². The molecule has 0 aliphatic heterocycles. The van der Waals surface area contributed by atoms with E-state index in [1.165, 1.54) is 6.08 Å². The molecular formula is C30H26N2O3. The fourth-order valence-electron chi connectivity index (χ4n) is 3.93. The maximum Gasteiger partial charge on any atom is 0.266 e. The average Bonchev–Trinajstić information content (AvgIpc) is 2.87. The number of nitrogens with one attached hydrogen (secondary N) is 1. The van der Waals surface area contributed by atoms with Gasteiger partial charge in [-0.25, -0.2) is 0 Å². The topological polar surface area (TPSA) is 71.3 Å². The Balaban J connectivity index is 1.52. The fourth-order valence-corrected chi connectivity index (χ4v) is 3.93. The first-order chi connectivity index (χ1) is 17.0. The van der Waals surface area contributed by atoms with Crippen molar-refractivity contribution >= 4 is 28.4 Å². The highest BCUT2D eigenvalue weighted by atomic mass is 16.5. The highest BCUT2D eigenvalue weighted by molar-refractivity contribution is 6.10. The highest BCUT2D eigenvalue weighted by Crippen LogP contribution is 2.30. The largest absolute Gasteiger partial charge is 0.493 e. The van der Waals surface area contributed by atoms with Crippen molar-refractivity contribution in [2.24, 2.45) is 0 Å². The molecule has 1 N–H and O–H groups in total. The number of aryl methyl sites for hydroxylation is 2. The smallest absolute Gasteiger partial charge is 0.266 e. The summed E-state index contributed by atoms with van der Waals surface area (Å²) in [7, 11) is 1.56. The molecule has 0 saturated heterocycles. The quantitative estimate of drug-likeness (QED) is 0.248. The van der Waals surface area contributed by atoms with Gasteiger partial charge in [0.25, 0.3) is 5.91 Å². The van der Waals surface area contributed by atoms with Gasteiger partial charge in [-0.1, -0.05) is 66.2 Å². The van der Waals surface area contributed by atoms with Gasteiger partial charge in [0, 0.05) is 5.69 Å². The Morgan fingerprint density at radius 3 is 2.54 bits per heavy atom. The third kappa shape index (κ3) is 5.51. The summed E-state index contributed by atoms with van der Waals surface area (Å²) in [4.78, 5) is 12.7. The maximum atomic E-state index is 12.7. The van der Waals surface area contributed by atoms with Gasteiger partial charge in [0.15, 0.2) is 11.5 Å². The van der Waals surface area contributed by atoms with Crippen molar-refractivity contribution in [2.45, 2.75) is 20.5 Å². The van der Waals surface area contributed by atoms with E-state index in [4.69, 9.17) is 9.47 Å². The monoisotopic (exact) mass is 462 g/mol. The number of benzene rings is 4. The van der Waals surface area contributed by atoms with Crippen LogP contribution in [0.3, 0.4) is 0 Å². The number of carbonyl (C=O) groups excluding carboxylic acids is 1. The van der Waals surface area contributed by atoms with Crippen molar-refractivity contribution < 1.29 is 14.3 Å². The van der Waals surface area contributed by atoms with Crippen LogP contribution in [0.25, 0.3) is 16.8 Å². The number of carbonyl (C=O) groups is 1. The van der Waals surface area contributed by atoms with E-state index in [0.29, 0.717) is 29.4 Å². The highest BCUT2D eigenvalue weighted by Gasteiger charge is 2.13. The standard InChI is InChI=1S/C30H26N2O3/c1-20-11-13-27(21(2)15-20)32-30(33)25(18-31)16-22-12-14-28(29(17-22)34-3)35-19-24-9-6-8-23-7-4-5-10-26(23)24/h4-17H,19H2,1-3H3,(H,32,33)/b25-16+. The first kappa shape index (κ1) is 23.6. The molecule has 0 aromatic heterocycles. The molecule has 174 valence electrons. The van der Waals surface area contributed by atoms with Crippen LogP contribution in [0.15, 0.2) is 84.4 Å². The van der Waals surface area contributed by atoms with E-state index < -0.39 is 5.91 Å². The van der Waals surface area contributed by atoms with E-state index in [9.17, 15) is 10.1 Å². The predicted molar refractivity (Wildman–Crippen MR) is 139 cm³/mol. The van der Waals surface area contributed by atoms with Crippen LogP contribution in [-0.2, 0) is 11.4 Å². The number of ether oxygens (including phenoxy) is 2. The lowest BCUT2D eigenvalue weighted by Crippen LogP contribution is -2.14. The SMILES string of the molecule is COc1cc(/C=C(\C#N)C(=O)Nc2ccc(C)cc2C)ccc1OCc1cccc2ccccc12. The molecule has 4 rings (SSSR count). The minimum Gasteiger partial charge on any atom is -0.493 e. The molecule has 0 radical (unpaired) electrons. The summed E-state index contributed by atoms with van der Waals surface area (Å²) >= 11 is 0. The molecule has 0 aliphatic rings. The minimum absolute atomic E-state index is 0.00329. The number of methoxy groups -OCH3 is 1. The van der Waals surface area contributed by atoms with Crippen molar-refractivity contribution in [1.29, 1.82) is 5.26 Å². The summed E-state index contributed by atoms with van der Waals surface area (Å²) in [5, 5.41) is 14.7. The van der Waals surface area contributed by atoms with E-state index in [0.717, 1.165) is 27.5 Å². The number of amides is 1. The molecule has 0 heterocycles. The van der Waals surface area contributed by atoms with E-state index >= 15 is 0 Å². The van der Waals surface area contributed by atoms with Crippen molar-refractivity contribution in [3.05, 3.63) is 107 Å². The predicted octanol–water partition coefficient (Wildman–Crippen LogP) is 6.59. The molecule has 35 heavy (non-hydrogen) atoms. The van der Waals surface area contributed by atoms with Crippen LogP contribution in [0, 0.1) is 25.2 Å². The van der Waals surface area contributed by atoms with E-state index in [1.807, 2.05) is 62.4 Å². The molecule has 4 aromatic carbocycles. The third-order valence-corrected chi connectivity index (χ3v) is 5.76. The average molecular weight is 463 g/mol. The minimum atomic E-state index is -0.463. The van der Waals surface area contributed by atoms with Gasteiger partial charge in [0.2, 0.25) is 0 Å². The molecule has 5 nitrogen and oxygen atoms in total. The summed E-state index contributed by atoms with van der Waals surface area (Å²) in [5.74, 6) is 0.636. The summed E-state index contributed by atoms with van der Waals surface area (Å²) in [5.41, 5.74) is 4.44. The molecular weight excluding hydrogens is 436 g/mol. The normalized spacial score (nSPS) is 11.1. The molecule has 0 atom stereocenters. The van der Waals surface area contributed by atoms with Crippen molar-refractivity contribution in [3.63, 3.8) is 0 Å². The molecule has 0 spiro atoms. The van der Waals surface area contributed by atoms with E-state index in [2.05, 4.69) is 23.5 Å². The van der Waals surface area contributed by atoms with Gasteiger partial charge in [-0.3, -0.25) is 4.79 Å². The van der Waals surface area contributed by atoms with Crippen LogP contribution in [0.5, 0.6) is 11.5 Å². The Morgan fingerprint density at radius 2 is 1.77 bits per heavy atom. The molecule has 0 fully saturated rings. The zero-order chi connectivity index (χ0) is 24.8. The molecule has 0 bridgehead atoms. The Kier molecular flexibility index (Phi) is 7.13. The number of hydrogen-bond acceptors (Lipinski definition) is 4. The zero-order valence-electron chi connectivity index (χ0n) is 20.0. The number of nitriles is 1. The van der Waals surface area contributed by atoms with E-state index in [-0.39, 0.29) is 5.57 Å². The summed E-state index contributed by atoms with van der Waals surface area (Å²) in [6.45, 7) is 4.29. The lowest BCUT2D eigenvalue weighted by molar-refractivity contribution is -0.112. The molecule has 0 aliphatic carbocycles. The van der Waals surface area contributed by atoms with Crippen LogP contribution in [0.2, 0.25) is 0 Å². The number of nitrogens with zero attached hydrogens (tertiary/aromatic N) is 1. The number of rotatable bonds is 7.